The van der Waals surface area contributed by atoms with Gasteiger partial charge in [-0.2, -0.15) is 0 Å². The molecule has 1 aromatic rings. The highest BCUT2D eigenvalue weighted by Crippen LogP contribution is 2.15. The van der Waals surface area contributed by atoms with Crippen LogP contribution in [0.25, 0.3) is 0 Å². The van der Waals surface area contributed by atoms with Crippen LogP contribution in [-0.4, -0.2) is 64.5 Å². The molecule has 1 saturated heterocycles. The summed E-state index contributed by atoms with van der Waals surface area (Å²) in [6.07, 6.45) is 1.36. The van der Waals surface area contributed by atoms with E-state index in [1.54, 1.807) is 19.2 Å². The zero-order valence-electron chi connectivity index (χ0n) is 15.9. The van der Waals surface area contributed by atoms with Crippen LogP contribution < -0.4 is 15.4 Å². The maximum Gasteiger partial charge on any atom is 0.240 e. The van der Waals surface area contributed by atoms with Crippen molar-refractivity contribution in [2.75, 3.05) is 33.2 Å². The Morgan fingerprint density at radius 3 is 2.75 bits per heavy atom. The molecule has 1 unspecified atom stereocenters. The fraction of sp³-hybridized carbons (Fsp3) is 0.529. The molecular formula is C17H27ClIN5O3S. The maximum absolute atomic E-state index is 12.2. The Balaban J connectivity index is 0.00000392. The fourth-order valence-electron chi connectivity index (χ4n) is 2.80. The molecule has 8 nitrogen and oxygen atoms in total. The zero-order chi connectivity index (χ0) is 19.9. The Kier molecular flexibility index (Phi) is 10.5. The average molecular weight is 544 g/mol. The second kappa shape index (κ2) is 11.8. The van der Waals surface area contributed by atoms with E-state index in [9.17, 15) is 13.2 Å². The number of benzene rings is 1. The summed E-state index contributed by atoms with van der Waals surface area (Å²) in [5, 5.41) is 6.70. The predicted octanol–water partition coefficient (Wildman–Crippen LogP) is 1.41. The van der Waals surface area contributed by atoms with Crippen molar-refractivity contribution in [2.24, 2.45) is 4.99 Å². The van der Waals surface area contributed by atoms with Gasteiger partial charge in [0.1, 0.15) is 0 Å². The molecule has 1 atom stereocenters. The molecule has 28 heavy (non-hydrogen) atoms. The molecule has 0 aromatic heterocycles. The number of rotatable bonds is 7. The monoisotopic (exact) mass is 543 g/mol. The fourth-order valence-corrected chi connectivity index (χ4v) is 4.13. The van der Waals surface area contributed by atoms with Crippen LogP contribution in [0.5, 0.6) is 0 Å². The minimum atomic E-state index is -3.61. The summed E-state index contributed by atoms with van der Waals surface area (Å²) in [5.41, 5.74) is 0. The number of hydrogen-bond acceptors (Lipinski definition) is 4. The van der Waals surface area contributed by atoms with Gasteiger partial charge in [-0.3, -0.25) is 9.79 Å². The molecule has 1 amide bonds. The van der Waals surface area contributed by atoms with Crippen molar-refractivity contribution in [1.29, 1.82) is 0 Å². The number of halogens is 2. The molecule has 0 spiro atoms. The van der Waals surface area contributed by atoms with Gasteiger partial charge in [-0.25, -0.2) is 13.1 Å². The van der Waals surface area contributed by atoms with Crippen molar-refractivity contribution in [3.8, 4) is 0 Å². The van der Waals surface area contributed by atoms with Gasteiger partial charge >= 0.3 is 0 Å². The molecular weight excluding hydrogens is 517 g/mol. The number of aliphatic imine (C=N–C) groups is 1. The Hall–Kier alpha value is -1.11. The number of nitrogens with zero attached hydrogens (tertiary/aromatic N) is 2. The normalized spacial score (nSPS) is 17.2. The van der Waals surface area contributed by atoms with Crippen LogP contribution in [0, 0.1) is 0 Å². The summed E-state index contributed by atoms with van der Waals surface area (Å²) in [6.45, 7) is 3.80. The van der Waals surface area contributed by atoms with Crippen LogP contribution in [0.15, 0.2) is 34.2 Å². The van der Waals surface area contributed by atoms with Gasteiger partial charge in [0, 0.05) is 50.7 Å². The number of carbonyl (C=O) groups is 1. The molecule has 1 aromatic carbocycles. The van der Waals surface area contributed by atoms with Crippen molar-refractivity contribution in [3.05, 3.63) is 29.3 Å². The molecule has 1 fully saturated rings. The van der Waals surface area contributed by atoms with Gasteiger partial charge < -0.3 is 15.5 Å². The second-order valence-electron chi connectivity index (χ2n) is 6.18. The van der Waals surface area contributed by atoms with Crippen molar-refractivity contribution in [3.63, 3.8) is 0 Å². The van der Waals surface area contributed by atoms with Gasteiger partial charge in [0.25, 0.3) is 0 Å². The van der Waals surface area contributed by atoms with E-state index in [4.69, 9.17) is 11.6 Å². The third-order valence-corrected chi connectivity index (χ3v) is 5.92. The van der Waals surface area contributed by atoms with Crippen LogP contribution in [0.2, 0.25) is 5.02 Å². The topological polar surface area (TPSA) is 103 Å². The van der Waals surface area contributed by atoms with E-state index < -0.39 is 10.0 Å². The number of likely N-dealkylation sites (tertiary alicyclic amines) is 1. The predicted molar refractivity (Wildman–Crippen MR) is 122 cm³/mol. The van der Waals surface area contributed by atoms with Crippen LogP contribution in [0.4, 0.5) is 0 Å². The van der Waals surface area contributed by atoms with Crippen molar-refractivity contribution in [1.82, 2.24) is 20.3 Å². The Bertz CT molecular complexity index is 791. The van der Waals surface area contributed by atoms with Crippen LogP contribution in [0.3, 0.4) is 0 Å². The number of hydrogen-bond donors (Lipinski definition) is 3. The lowest BCUT2D eigenvalue weighted by Gasteiger charge is -2.18. The molecule has 1 aliphatic rings. The van der Waals surface area contributed by atoms with E-state index in [1.165, 1.54) is 12.1 Å². The van der Waals surface area contributed by atoms with E-state index in [2.05, 4.69) is 20.3 Å². The van der Waals surface area contributed by atoms with Gasteiger partial charge in [0.15, 0.2) is 5.96 Å². The second-order valence-corrected chi connectivity index (χ2v) is 8.38. The molecule has 0 aliphatic carbocycles. The highest BCUT2D eigenvalue weighted by atomic mass is 127. The number of sulfonamides is 1. The summed E-state index contributed by atoms with van der Waals surface area (Å²) >= 11 is 5.84. The number of guanidine groups is 1. The molecule has 11 heteroatoms. The van der Waals surface area contributed by atoms with Crippen LogP contribution in [0.1, 0.15) is 19.8 Å². The molecule has 0 radical (unpaired) electrons. The highest BCUT2D eigenvalue weighted by Gasteiger charge is 2.25. The molecule has 3 N–H and O–H groups in total. The van der Waals surface area contributed by atoms with Crippen LogP contribution >= 0.6 is 35.6 Å². The minimum absolute atomic E-state index is 0. The molecule has 1 aliphatic heterocycles. The van der Waals surface area contributed by atoms with Crippen molar-refractivity contribution < 1.29 is 13.2 Å². The highest BCUT2D eigenvalue weighted by molar-refractivity contribution is 14.0. The summed E-state index contributed by atoms with van der Waals surface area (Å²) in [4.78, 5) is 17.8. The van der Waals surface area contributed by atoms with Gasteiger partial charge in [0.2, 0.25) is 15.9 Å². The van der Waals surface area contributed by atoms with E-state index in [-0.39, 0.29) is 47.4 Å². The van der Waals surface area contributed by atoms with Gasteiger partial charge in [-0.1, -0.05) is 24.6 Å². The standard InChI is InChI=1S/C17H26ClN5O3S.HI/c1-3-16(24)23-10-7-14(12-23)22-17(19-2)20-8-9-21-27(25,26)15-6-4-5-13(18)11-15;/h4-6,11,14,21H,3,7-10,12H2,1-2H3,(H2,19,20,22);1H. The maximum atomic E-state index is 12.2. The zero-order valence-corrected chi connectivity index (χ0v) is 19.8. The van der Waals surface area contributed by atoms with Gasteiger partial charge in [0.05, 0.1) is 4.90 Å². The number of carbonyl (C=O) groups excluding carboxylic acids is 1. The summed E-state index contributed by atoms with van der Waals surface area (Å²) in [7, 11) is -1.96. The molecule has 1 heterocycles. The summed E-state index contributed by atoms with van der Waals surface area (Å²) in [5.74, 6) is 0.727. The molecule has 0 bridgehead atoms. The molecule has 2 rings (SSSR count). The Morgan fingerprint density at radius 1 is 1.36 bits per heavy atom. The summed E-state index contributed by atoms with van der Waals surface area (Å²) < 4.78 is 27.0. The van der Waals surface area contributed by atoms with Crippen LogP contribution in [-0.2, 0) is 14.8 Å². The average Bonchev–Trinajstić information content (AvgIpc) is 3.12. The van der Waals surface area contributed by atoms with Crippen molar-refractivity contribution in [2.45, 2.75) is 30.7 Å². The third-order valence-electron chi connectivity index (χ3n) is 4.22. The quantitative estimate of drug-likeness (QED) is 0.209. The van der Waals surface area contributed by atoms with E-state index >= 15 is 0 Å². The largest absolute Gasteiger partial charge is 0.355 e. The molecule has 158 valence electrons. The lowest BCUT2D eigenvalue weighted by Crippen LogP contribution is -2.46. The van der Waals surface area contributed by atoms with E-state index in [0.717, 1.165) is 13.0 Å². The van der Waals surface area contributed by atoms with Gasteiger partial charge in [-0.15, -0.1) is 24.0 Å². The smallest absolute Gasteiger partial charge is 0.240 e. The Labute approximate surface area is 188 Å². The van der Waals surface area contributed by atoms with E-state index in [0.29, 0.717) is 30.5 Å². The number of nitrogens with one attached hydrogen (secondary N) is 3. The molecule has 0 saturated carbocycles. The lowest BCUT2D eigenvalue weighted by molar-refractivity contribution is -0.129. The first kappa shape index (κ1) is 24.9. The SMILES string of the molecule is CCC(=O)N1CCC(NC(=NC)NCCNS(=O)(=O)c2cccc(Cl)c2)C1.I. The first-order chi connectivity index (χ1) is 12.9. The first-order valence-electron chi connectivity index (χ1n) is 8.86. The minimum Gasteiger partial charge on any atom is -0.355 e. The summed E-state index contributed by atoms with van der Waals surface area (Å²) in [6, 6.07) is 6.24. The lowest BCUT2D eigenvalue weighted by atomic mass is 10.3. The van der Waals surface area contributed by atoms with E-state index in [1.807, 2.05) is 11.8 Å². The third kappa shape index (κ3) is 7.37. The number of amides is 1. The van der Waals surface area contributed by atoms with Gasteiger partial charge in [-0.05, 0) is 24.6 Å². The first-order valence-corrected chi connectivity index (χ1v) is 10.7. The van der Waals surface area contributed by atoms with Crippen molar-refractivity contribution >= 4 is 57.5 Å². The Morgan fingerprint density at radius 2 is 2.11 bits per heavy atom.